The highest BCUT2D eigenvalue weighted by atomic mass is 16.5. The Morgan fingerprint density at radius 1 is 1.41 bits per heavy atom. The summed E-state index contributed by atoms with van der Waals surface area (Å²) in [5.74, 6) is -0.209. The van der Waals surface area contributed by atoms with E-state index in [1.807, 2.05) is 0 Å². The minimum absolute atomic E-state index is 0.00112. The van der Waals surface area contributed by atoms with Crippen LogP contribution in [0.4, 0.5) is 0 Å². The van der Waals surface area contributed by atoms with Crippen molar-refractivity contribution in [1.29, 1.82) is 0 Å². The maximum Gasteiger partial charge on any atom is 0.273 e. The summed E-state index contributed by atoms with van der Waals surface area (Å²) in [5.41, 5.74) is 7.17. The molecule has 2 aliphatic rings. The highest BCUT2D eigenvalue weighted by molar-refractivity contribution is 5.91. The van der Waals surface area contributed by atoms with Gasteiger partial charge in [0, 0.05) is 32.7 Å². The van der Waals surface area contributed by atoms with Crippen molar-refractivity contribution >= 4 is 5.91 Å². The van der Waals surface area contributed by atoms with Crippen LogP contribution in [-0.2, 0) is 11.3 Å². The van der Waals surface area contributed by atoms with Crippen LogP contribution in [-0.4, -0.2) is 70.2 Å². The summed E-state index contributed by atoms with van der Waals surface area (Å²) in [6, 6.07) is 0. The average molecular weight is 377 g/mol. The number of nitrogens with two attached hydrogens (primary N) is 1. The van der Waals surface area contributed by atoms with Gasteiger partial charge in [-0.05, 0) is 39.5 Å². The van der Waals surface area contributed by atoms with Crippen molar-refractivity contribution in [3.63, 3.8) is 0 Å². The van der Waals surface area contributed by atoms with E-state index in [0.717, 1.165) is 45.3 Å². The first-order valence-corrected chi connectivity index (χ1v) is 9.92. The lowest BCUT2D eigenvalue weighted by atomic mass is 9.88. The second-order valence-corrected chi connectivity index (χ2v) is 7.91. The maximum atomic E-state index is 12.2. The Bertz CT molecular complexity index is 659. The Hall–Kier alpha value is -1.77. The van der Waals surface area contributed by atoms with Gasteiger partial charge in [0.1, 0.15) is 0 Å². The SMILES string of the molecule is CC(C)=CCN1CCC2(CC[C@@H](CNC(=O)c3cn(CCN)nn3)O2)CC1. The molecule has 2 aliphatic heterocycles. The number of hydrogen-bond acceptors (Lipinski definition) is 6. The quantitative estimate of drug-likeness (QED) is 0.688. The van der Waals surface area contributed by atoms with Gasteiger partial charge in [-0.2, -0.15) is 0 Å². The Balaban J connectivity index is 1.42. The Labute approximate surface area is 161 Å². The first kappa shape index (κ1) is 20.0. The summed E-state index contributed by atoms with van der Waals surface area (Å²) in [6.07, 6.45) is 8.21. The molecule has 1 amide bonds. The zero-order valence-corrected chi connectivity index (χ0v) is 16.5. The largest absolute Gasteiger partial charge is 0.370 e. The summed E-state index contributed by atoms with van der Waals surface area (Å²) in [4.78, 5) is 14.7. The molecule has 0 saturated carbocycles. The van der Waals surface area contributed by atoms with Crippen LogP contribution >= 0.6 is 0 Å². The molecule has 2 saturated heterocycles. The molecular formula is C19H32N6O2. The maximum absolute atomic E-state index is 12.2. The van der Waals surface area contributed by atoms with Crippen LogP contribution < -0.4 is 11.1 Å². The third kappa shape index (κ3) is 5.37. The molecule has 0 aromatic carbocycles. The van der Waals surface area contributed by atoms with Crippen molar-refractivity contribution in [2.45, 2.75) is 57.8 Å². The molecule has 3 heterocycles. The number of allylic oxidation sites excluding steroid dienone is 1. The first-order valence-electron chi connectivity index (χ1n) is 9.92. The highest BCUT2D eigenvalue weighted by Gasteiger charge is 2.42. The summed E-state index contributed by atoms with van der Waals surface area (Å²) >= 11 is 0. The van der Waals surface area contributed by atoms with E-state index < -0.39 is 0 Å². The van der Waals surface area contributed by atoms with Crippen molar-refractivity contribution in [3.05, 3.63) is 23.5 Å². The summed E-state index contributed by atoms with van der Waals surface area (Å²) < 4.78 is 7.96. The van der Waals surface area contributed by atoms with Gasteiger partial charge in [0.15, 0.2) is 5.69 Å². The number of carbonyl (C=O) groups is 1. The second-order valence-electron chi connectivity index (χ2n) is 7.91. The Kier molecular flexibility index (Phi) is 6.62. The molecule has 8 heteroatoms. The molecule has 1 aromatic heterocycles. The van der Waals surface area contributed by atoms with Crippen molar-refractivity contribution in [2.24, 2.45) is 5.73 Å². The monoisotopic (exact) mass is 376 g/mol. The third-order valence-corrected chi connectivity index (χ3v) is 5.48. The molecule has 3 N–H and O–H groups in total. The fourth-order valence-corrected chi connectivity index (χ4v) is 3.80. The van der Waals surface area contributed by atoms with Gasteiger partial charge in [-0.15, -0.1) is 5.10 Å². The topological polar surface area (TPSA) is 98.3 Å². The molecule has 3 rings (SSSR count). The van der Waals surface area contributed by atoms with E-state index in [0.29, 0.717) is 25.3 Å². The molecular weight excluding hydrogens is 344 g/mol. The lowest BCUT2D eigenvalue weighted by molar-refractivity contribution is -0.0741. The van der Waals surface area contributed by atoms with Crippen molar-refractivity contribution in [1.82, 2.24) is 25.2 Å². The summed E-state index contributed by atoms with van der Waals surface area (Å²) in [5, 5.41) is 10.7. The summed E-state index contributed by atoms with van der Waals surface area (Å²) in [6.45, 7) is 9.01. The van der Waals surface area contributed by atoms with Crippen LogP contribution in [0.2, 0.25) is 0 Å². The Morgan fingerprint density at radius 3 is 2.89 bits per heavy atom. The predicted molar refractivity (Wildman–Crippen MR) is 103 cm³/mol. The molecule has 150 valence electrons. The molecule has 1 aromatic rings. The van der Waals surface area contributed by atoms with E-state index in [1.54, 1.807) is 10.9 Å². The lowest BCUT2D eigenvalue weighted by Gasteiger charge is -2.39. The summed E-state index contributed by atoms with van der Waals surface area (Å²) in [7, 11) is 0. The molecule has 0 bridgehead atoms. The molecule has 8 nitrogen and oxygen atoms in total. The third-order valence-electron chi connectivity index (χ3n) is 5.48. The van der Waals surface area contributed by atoms with E-state index in [2.05, 4.69) is 40.5 Å². The lowest BCUT2D eigenvalue weighted by Crippen LogP contribution is -2.45. The van der Waals surface area contributed by atoms with E-state index >= 15 is 0 Å². The van der Waals surface area contributed by atoms with E-state index in [-0.39, 0.29) is 17.6 Å². The van der Waals surface area contributed by atoms with Gasteiger partial charge in [-0.3, -0.25) is 14.4 Å². The highest BCUT2D eigenvalue weighted by Crippen LogP contribution is 2.38. The zero-order valence-electron chi connectivity index (χ0n) is 16.5. The number of nitrogens with zero attached hydrogens (tertiary/aromatic N) is 4. The molecule has 1 spiro atoms. The van der Waals surface area contributed by atoms with Crippen LogP contribution in [0.25, 0.3) is 0 Å². The number of carbonyl (C=O) groups excluding carboxylic acids is 1. The van der Waals surface area contributed by atoms with Gasteiger partial charge < -0.3 is 15.8 Å². The number of nitrogens with one attached hydrogen (secondary N) is 1. The van der Waals surface area contributed by atoms with Gasteiger partial charge >= 0.3 is 0 Å². The number of ether oxygens (including phenoxy) is 1. The van der Waals surface area contributed by atoms with E-state index in [4.69, 9.17) is 10.5 Å². The van der Waals surface area contributed by atoms with Gasteiger partial charge in [0.05, 0.1) is 24.4 Å². The minimum Gasteiger partial charge on any atom is -0.370 e. The normalized spacial score (nSPS) is 22.1. The number of likely N-dealkylation sites (tertiary alicyclic amines) is 1. The van der Waals surface area contributed by atoms with Crippen LogP contribution in [0, 0.1) is 0 Å². The van der Waals surface area contributed by atoms with Crippen molar-refractivity contribution < 1.29 is 9.53 Å². The minimum atomic E-state index is -0.209. The van der Waals surface area contributed by atoms with Gasteiger partial charge in [-0.25, -0.2) is 0 Å². The van der Waals surface area contributed by atoms with Crippen molar-refractivity contribution in [2.75, 3.05) is 32.7 Å². The molecule has 27 heavy (non-hydrogen) atoms. The van der Waals surface area contributed by atoms with E-state index in [9.17, 15) is 4.79 Å². The van der Waals surface area contributed by atoms with Gasteiger partial charge in [0.25, 0.3) is 5.91 Å². The molecule has 0 unspecified atom stereocenters. The Morgan fingerprint density at radius 2 is 2.19 bits per heavy atom. The van der Waals surface area contributed by atoms with Gasteiger partial charge in [-0.1, -0.05) is 16.9 Å². The standard InChI is InChI=1S/C19H32N6O2/c1-15(2)4-9-24-10-6-19(7-11-24)5-3-16(27-19)13-21-18(26)17-14-25(12-8-20)23-22-17/h4,14,16H,3,5-13,20H2,1-2H3,(H,21,26)/t16-/m0/s1. The molecule has 0 radical (unpaired) electrons. The van der Waals surface area contributed by atoms with E-state index in [1.165, 1.54) is 5.57 Å². The van der Waals surface area contributed by atoms with Crippen LogP contribution in [0.5, 0.6) is 0 Å². The molecule has 1 atom stereocenters. The van der Waals surface area contributed by atoms with Gasteiger partial charge in [0.2, 0.25) is 0 Å². The first-order chi connectivity index (χ1) is 13.0. The number of piperidine rings is 1. The number of hydrogen-bond donors (Lipinski definition) is 2. The fourth-order valence-electron chi connectivity index (χ4n) is 3.80. The number of rotatable bonds is 7. The average Bonchev–Trinajstić information content (AvgIpc) is 3.27. The second kappa shape index (κ2) is 8.95. The zero-order chi connectivity index (χ0) is 19.3. The molecule has 2 fully saturated rings. The van der Waals surface area contributed by atoms with Crippen LogP contribution in [0.15, 0.2) is 17.8 Å². The van der Waals surface area contributed by atoms with Crippen molar-refractivity contribution in [3.8, 4) is 0 Å². The molecule has 0 aliphatic carbocycles. The number of aromatic nitrogens is 3. The number of amides is 1. The fraction of sp³-hybridized carbons (Fsp3) is 0.737. The smallest absolute Gasteiger partial charge is 0.273 e. The van der Waals surface area contributed by atoms with Crippen LogP contribution in [0.1, 0.15) is 50.0 Å². The van der Waals surface area contributed by atoms with Crippen LogP contribution in [0.3, 0.4) is 0 Å². The predicted octanol–water partition coefficient (Wildman–Crippen LogP) is 0.946.